The Hall–Kier alpha value is -2.80. The molecule has 1 N–H and O–H groups in total. The number of benzene rings is 2. The molecule has 0 radical (unpaired) electrons. The molecule has 0 saturated heterocycles. The number of thioether (sulfide) groups is 1. The molecule has 0 fully saturated rings. The van der Waals surface area contributed by atoms with E-state index in [1.165, 1.54) is 17.3 Å². The van der Waals surface area contributed by atoms with E-state index in [0.29, 0.717) is 11.1 Å². The third kappa shape index (κ3) is 7.14. The third-order valence-electron chi connectivity index (χ3n) is 4.89. The fourth-order valence-corrected chi connectivity index (χ4v) is 3.72. The van der Waals surface area contributed by atoms with Crippen molar-refractivity contribution in [1.29, 1.82) is 0 Å². The Bertz CT molecular complexity index is 991. The second-order valence-corrected chi connectivity index (χ2v) is 9.01. The van der Waals surface area contributed by atoms with Gasteiger partial charge in [0.1, 0.15) is 5.75 Å². The summed E-state index contributed by atoms with van der Waals surface area (Å²) in [6.45, 7) is 8.05. The zero-order valence-electron chi connectivity index (χ0n) is 18.4. The number of hydrogen-bond acceptors (Lipinski definition) is 6. The first kappa shape index (κ1) is 22.9. The second kappa shape index (κ2) is 11.0. The molecule has 3 aromatic rings. The van der Waals surface area contributed by atoms with E-state index in [0.717, 1.165) is 29.7 Å². The Kier molecular flexibility index (Phi) is 8.12. The van der Waals surface area contributed by atoms with Gasteiger partial charge < -0.3 is 14.5 Å². The summed E-state index contributed by atoms with van der Waals surface area (Å²) in [6.07, 6.45) is 1.81. The van der Waals surface area contributed by atoms with Crippen molar-refractivity contribution in [3.63, 3.8) is 0 Å². The van der Waals surface area contributed by atoms with Gasteiger partial charge in [0.15, 0.2) is 6.61 Å². The number of aryl methyl sites for hydroxylation is 3. The minimum absolute atomic E-state index is 0.0445. The Morgan fingerprint density at radius 3 is 2.68 bits per heavy atom. The number of rotatable bonds is 10. The first-order chi connectivity index (χ1) is 14.9. The highest BCUT2D eigenvalue weighted by Gasteiger charge is 2.20. The van der Waals surface area contributed by atoms with Crippen LogP contribution in [-0.4, -0.2) is 27.4 Å². The number of ether oxygens (including phenoxy) is 1. The predicted octanol–water partition coefficient (Wildman–Crippen LogP) is 4.88. The zero-order valence-corrected chi connectivity index (χ0v) is 19.2. The maximum Gasteiger partial charge on any atom is 0.277 e. The van der Waals surface area contributed by atoms with Crippen LogP contribution >= 0.6 is 11.8 Å². The number of aromatic nitrogens is 2. The van der Waals surface area contributed by atoms with Gasteiger partial charge in [-0.2, -0.15) is 0 Å². The van der Waals surface area contributed by atoms with Crippen molar-refractivity contribution in [2.45, 2.75) is 63.7 Å². The number of amides is 1. The standard InChI is InChI=1S/C24H29N3O3S/c1-16-10-11-17(2)21(14-16)29-15-22-26-27-24(30-22)31-19(4)23(28)25-18(3)12-13-20-8-6-5-7-9-20/h5-11,14,18-19H,12-13,15H2,1-4H3,(H,25,28). The number of carbonyl (C=O) groups excluding carboxylic acids is 1. The SMILES string of the molecule is Cc1ccc(C)c(OCc2nnc(SC(C)C(=O)NC(C)CCc3ccccc3)o2)c1. The van der Waals surface area contributed by atoms with Gasteiger partial charge in [-0.25, -0.2) is 0 Å². The first-order valence-electron chi connectivity index (χ1n) is 10.4. The summed E-state index contributed by atoms with van der Waals surface area (Å²) in [4.78, 5) is 12.5. The fraction of sp³-hybridized carbons (Fsp3) is 0.375. The van der Waals surface area contributed by atoms with Crippen LogP contribution in [0, 0.1) is 13.8 Å². The van der Waals surface area contributed by atoms with Crippen LogP contribution in [0.4, 0.5) is 0 Å². The van der Waals surface area contributed by atoms with E-state index in [2.05, 4.69) is 27.6 Å². The summed E-state index contributed by atoms with van der Waals surface area (Å²) in [5.41, 5.74) is 3.44. The molecule has 0 saturated carbocycles. The molecule has 1 heterocycles. The van der Waals surface area contributed by atoms with Gasteiger partial charge in [0.2, 0.25) is 5.91 Å². The Morgan fingerprint density at radius 1 is 1.13 bits per heavy atom. The lowest BCUT2D eigenvalue weighted by molar-refractivity contribution is -0.120. The van der Waals surface area contributed by atoms with Crippen molar-refractivity contribution < 1.29 is 13.9 Å². The van der Waals surface area contributed by atoms with Gasteiger partial charge in [-0.1, -0.05) is 54.2 Å². The summed E-state index contributed by atoms with van der Waals surface area (Å²) in [5, 5.41) is 11.1. The van der Waals surface area contributed by atoms with E-state index < -0.39 is 0 Å². The quantitative estimate of drug-likeness (QED) is 0.454. The van der Waals surface area contributed by atoms with Crippen LogP contribution < -0.4 is 10.1 Å². The molecule has 0 aliphatic carbocycles. The first-order valence-corrected chi connectivity index (χ1v) is 11.3. The monoisotopic (exact) mass is 439 g/mol. The van der Waals surface area contributed by atoms with E-state index in [9.17, 15) is 4.79 Å². The molecule has 0 bridgehead atoms. The van der Waals surface area contributed by atoms with Gasteiger partial charge in [-0.05, 0) is 63.3 Å². The maximum absolute atomic E-state index is 12.5. The summed E-state index contributed by atoms with van der Waals surface area (Å²) in [5.74, 6) is 1.13. The molecule has 0 aliphatic heterocycles. The number of hydrogen-bond donors (Lipinski definition) is 1. The minimum atomic E-state index is -0.340. The highest BCUT2D eigenvalue weighted by Crippen LogP contribution is 2.24. The van der Waals surface area contributed by atoms with Crippen LogP contribution in [0.15, 0.2) is 58.2 Å². The number of carbonyl (C=O) groups is 1. The van der Waals surface area contributed by atoms with Crippen molar-refractivity contribution in [1.82, 2.24) is 15.5 Å². The van der Waals surface area contributed by atoms with E-state index in [1.807, 2.05) is 64.1 Å². The summed E-state index contributed by atoms with van der Waals surface area (Å²) >= 11 is 1.25. The molecule has 31 heavy (non-hydrogen) atoms. The van der Waals surface area contributed by atoms with E-state index in [-0.39, 0.29) is 23.8 Å². The fourth-order valence-electron chi connectivity index (χ4n) is 3.01. The molecule has 1 amide bonds. The lowest BCUT2D eigenvalue weighted by atomic mass is 10.1. The van der Waals surface area contributed by atoms with Gasteiger partial charge in [0.25, 0.3) is 11.1 Å². The summed E-state index contributed by atoms with van der Waals surface area (Å²) in [6, 6.07) is 16.4. The van der Waals surface area contributed by atoms with Gasteiger partial charge in [-0.15, -0.1) is 10.2 Å². The molecule has 1 aromatic heterocycles. The van der Waals surface area contributed by atoms with Crippen LogP contribution in [0.25, 0.3) is 0 Å². The molecule has 0 spiro atoms. The molecule has 164 valence electrons. The van der Waals surface area contributed by atoms with Crippen molar-refractivity contribution in [3.05, 3.63) is 71.1 Å². The molecule has 0 aliphatic rings. The molecule has 2 unspecified atom stereocenters. The highest BCUT2D eigenvalue weighted by molar-refractivity contribution is 8.00. The highest BCUT2D eigenvalue weighted by atomic mass is 32.2. The van der Waals surface area contributed by atoms with Gasteiger partial charge in [-0.3, -0.25) is 4.79 Å². The lowest BCUT2D eigenvalue weighted by Crippen LogP contribution is -2.37. The average Bonchev–Trinajstić information content (AvgIpc) is 3.21. The van der Waals surface area contributed by atoms with Crippen LogP contribution in [-0.2, 0) is 17.8 Å². The van der Waals surface area contributed by atoms with Gasteiger partial charge in [0, 0.05) is 6.04 Å². The van der Waals surface area contributed by atoms with Crippen molar-refractivity contribution in [2.24, 2.45) is 0 Å². The lowest BCUT2D eigenvalue weighted by Gasteiger charge is -2.16. The topological polar surface area (TPSA) is 77.2 Å². The average molecular weight is 440 g/mol. The van der Waals surface area contributed by atoms with E-state index in [1.54, 1.807) is 0 Å². The third-order valence-corrected chi connectivity index (χ3v) is 5.82. The Morgan fingerprint density at radius 2 is 1.90 bits per heavy atom. The molecular weight excluding hydrogens is 410 g/mol. The van der Waals surface area contributed by atoms with Gasteiger partial charge >= 0.3 is 0 Å². The summed E-state index contributed by atoms with van der Waals surface area (Å²) < 4.78 is 11.4. The normalized spacial score (nSPS) is 12.9. The minimum Gasteiger partial charge on any atom is -0.484 e. The molecule has 7 heteroatoms. The van der Waals surface area contributed by atoms with E-state index in [4.69, 9.17) is 9.15 Å². The van der Waals surface area contributed by atoms with Crippen LogP contribution in [0.2, 0.25) is 0 Å². The molecule has 2 atom stereocenters. The van der Waals surface area contributed by atoms with Crippen LogP contribution in [0.5, 0.6) is 5.75 Å². The Balaban J connectivity index is 1.44. The van der Waals surface area contributed by atoms with Crippen LogP contribution in [0.1, 0.15) is 42.8 Å². The van der Waals surface area contributed by atoms with Crippen molar-refractivity contribution >= 4 is 17.7 Å². The predicted molar refractivity (Wildman–Crippen MR) is 122 cm³/mol. The number of nitrogens with one attached hydrogen (secondary N) is 1. The zero-order chi connectivity index (χ0) is 22.2. The second-order valence-electron chi connectivity index (χ2n) is 7.71. The maximum atomic E-state index is 12.5. The van der Waals surface area contributed by atoms with Gasteiger partial charge in [0.05, 0.1) is 5.25 Å². The molecular formula is C24H29N3O3S. The Labute approximate surface area is 187 Å². The largest absolute Gasteiger partial charge is 0.484 e. The molecule has 3 rings (SSSR count). The molecule has 6 nitrogen and oxygen atoms in total. The van der Waals surface area contributed by atoms with Crippen LogP contribution in [0.3, 0.4) is 0 Å². The number of nitrogens with zero attached hydrogens (tertiary/aromatic N) is 2. The smallest absolute Gasteiger partial charge is 0.277 e. The summed E-state index contributed by atoms with van der Waals surface area (Å²) in [7, 11) is 0. The van der Waals surface area contributed by atoms with Crippen molar-refractivity contribution in [2.75, 3.05) is 0 Å². The molecule has 2 aromatic carbocycles. The van der Waals surface area contributed by atoms with Crippen molar-refractivity contribution in [3.8, 4) is 5.75 Å². The van der Waals surface area contributed by atoms with E-state index >= 15 is 0 Å².